The molecule has 4 nitrogen and oxygen atoms in total. The molecule has 0 aliphatic carbocycles. The van der Waals surface area contributed by atoms with Gasteiger partial charge in [-0.15, -0.1) is 0 Å². The molecule has 0 saturated carbocycles. The molecule has 0 spiro atoms. The second-order valence-corrected chi connectivity index (χ2v) is 21.8. The average molecular weight is 746 g/mol. The summed E-state index contributed by atoms with van der Waals surface area (Å²) >= 11 is 0. The van der Waals surface area contributed by atoms with Crippen LogP contribution in [0.3, 0.4) is 0 Å². The van der Waals surface area contributed by atoms with Crippen LogP contribution >= 0.6 is 0 Å². The zero-order valence-electron chi connectivity index (χ0n) is 36.9. The van der Waals surface area contributed by atoms with E-state index in [0.29, 0.717) is 34.0 Å². The standard InChI is InChI=1S/C25H42N2O.C24H41N.CH4/c1-24(2,3)13-7-8-23(28)20-27-16-14-26(15-17-27)19-22-11-9-21(10-12-22)18-25(4,5)6;1-23(2,3)14-7-15-25-16-12-21(13-17-25)18-20-8-10-22(11-9-20)19-24(4,5)6;/h9-12H,7-8,13-20H2,1-6H3;8-11,21H,7,12-19H2,1-6H3;1H4. The number of piperazine rings is 1. The van der Waals surface area contributed by atoms with Gasteiger partial charge in [-0.25, -0.2) is 0 Å². The Labute approximate surface area is 336 Å². The van der Waals surface area contributed by atoms with Crippen molar-refractivity contribution in [3.8, 4) is 0 Å². The Morgan fingerprint density at radius 2 is 0.963 bits per heavy atom. The van der Waals surface area contributed by atoms with Crippen LogP contribution in [-0.4, -0.2) is 72.8 Å². The summed E-state index contributed by atoms with van der Waals surface area (Å²) in [5, 5.41) is 0. The highest BCUT2D eigenvalue weighted by Gasteiger charge is 2.22. The fraction of sp³-hybridized carbons (Fsp3) is 0.740. The lowest BCUT2D eigenvalue weighted by molar-refractivity contribution is -0.120. The van der Waals surface area contributed by atoms with Crippen LogP contribution < -0.4 is 0 Å². The minimum atomic E-state index is 0. The second kappa shape index (κ2) is 22.1. The fourth-order valence-electron chi connectivity index (χ4n) is 7.87. The second-order valence-electron chi connectivity index (χ2n) is 21.8. The lowest BCUT2D eigenvalue weighted by atomic mass is 9.86. The van der Waals surface area contributed by atoms with Crippen LogP contribution in [0.25, 0.3) is 0 Å². The molecule has 2 aliphatic rings. The Morgan fingerprint density at radius 3 is 1.43 bits per heavy atom. The highest BCUT2D eigenvalue weighted by atomic mass is 16.1. The summed E-state index contributed by atoms with van der Waals surface area (Å²) < 4.78 is 0. The molecule has 2 aliphatic heterocycles. The summed E-state index contributed by atoms with van der Waals surface area (Å²) in [6.07, 6.45) is 11.9. The van der Waals surface area contributed by atoms with Crippen molar-refractivity contribution in [1.82, 2.24) is 14.7 Å². The number of benzene rings is 2. The van der Waals surface area contributed by atoms with Gasteiger partial charge in [0.05, 0.1) is 6.54 Å². The van der Waals surface area contributed by atoms with Gasteiger partial charge in [0.1, 0.15) is 5.78 Å². The molecule has 2 aromatic rings. The Hall–Kier alpha value is -2.01. The molecule has 0 bridgehead atoms. The Balaban J connectivity index is 0.000000369. The maximum atomic E-state index is 12.2. The Kier molecular flexibility index (Phi) is 19.7. The predicted molar refractivity (Wildman–Crippen MR) is 238 cm³/mol. The number of carbonyl (C=O) groups excluding carboxylic acids is 1. The van der Waals surface area contributed by atoms with Crippen LogP contribution in [0.2, 0.25) is 0 Å². The third-order valence-corrected chi connectivity index (χ3v) is 10.8. The smallest absolute Gasteiger partial charge is 0.146 e. The van der Waals surface area contributed by atoms with Crippen molar-refractivity contribution in [3.05, 3.63) is 70.8 Å². The summed E-state index contributed by atoms with van der Waals surface area (Å²) in [6, 6.07) is 18.6. The largest absolute Gasteiger partial charge is 0.303 e. The molecule has 4 rings (SSSR count). The van der Waals surface area contributed by atoms with Gasteiger partial charge >= 0.3 is 0 Å². The van der Waals surface area contributed by atoms with Crippen molar-refractivity contribution in [2.24, 2.45) is 27.6 Å². The monoisotopic (exact) mass is 746 g/mol. The van der Waals surface area contributed by atoms with E-state index in [4.69, 9.17) is 0 Å². The lowest BCUT2D eigenvalue weighted by Crippen LogP contribution is -2.47. The van der Waals surface area contributed by atoms with E-state index in [1.807, 2.05) is 0 Å². The molecule has 0 N–H and O–H groups in total. The van der Waals surface area contributed by atoms with E-state index in [1.165, 1.54) is 80.4 Å². The molecule has 2 saturated heterocycles. The molecule has 0 atom stereocenters. The zero-order chi connectivity index (χ0) is 39.3. The van der Waals surface area contributed by atoms with Crippen molar-refractivity contribution in [2.75, 3.05) is 52.4 Å². The van der Waals surface area contributed by atoms with Gasteiger partial charge < -0.3 is 4.90 Å². The molecule has 4 heteroatoms. The van der Waals surface area contributed by atoms with E-state index in [-0.39, 0.29) is 7.43 Å². The number of Topliss-reactive ketones (excluding diaryl/α,β-unsaturated/α-hetero) is 1. The number of piperidine rings is 1. The van der Waals surface area contributed by atoms with E-state index in [0.717, 1.165) is 64.3 Å². The van der Waals surface area contributed by atoms with Gasteiger partial charge in [0.2, 0.25) is 0 Å². The van der Waals surface area contributed by atoms with E-state index in [9.17, 15) is 4.79 Å². The minimum absolute atomic E-state index is 0. The molecule has 54 heavy (non-hydrogen) atoms. The molecule has 308 valence electrons. The summed E-state index contributed by atoms with van der Waals surface area (Å²) in [5.41, 5.74) is 7.35. The first kappa shape index (κ1) is 48.1. The molecule has 0 radical (unpaired) electrons. The van der Waals surface area contributed by atoms with Gasteiger partial charge in [-0.2, -0.15) is 0 Å². The van der Waals surface area contributed by atoms with Gasteiger partial charge in [0.15, 0.2) is 0 Å². The molecular weight excluding hydrogens is 659 g/mol. The quantitative estimate of drug-likeness (QED) is 0.192. The van der Waals surface area contributed by atoms with Crippen molar-refractivity contribution in [1.29, 1.82) is 0 Å². The van der Waals surface area contributed by atoms with Crippen LogP contribution in [0.1, 0.15) is 158 Å². The number of rotatable bonds is 14. The number of hydrogen-bond acceptors (Lipinski definition) is 4. The molecule has 0 amide bonds. The minimum Gasteiger partial charge on any atom is -0.303 e. The van der Waals surface area contributed by atoms with Crippen LogP contribution in [0.4, 0.5) is 0 Å². The van der Waals surface area contributed by atoms with Crippen LogP contribution in [0.15, 0.2) is 48.5 Å². The van der Waals surface area contributed by atoms with Gasteiger partial charge in [-0.05, 0) is 127 Å². The predicted octanol–water partition coefficient (Wildman–Crippen LogP) is 12.2. The number of hydrogen-bond donors (Lipinski definition) is 0. The molecule has 0 unspecified atom stereocenters. The maximum absolute atomic E-state index is 12.2. The molecule has 0 aromatic heterocycles. The number of likely N-dealkylation sites (tertiary alicyclic amines) is 1. The van der Waals surface area contributed by atoms with Gasteiger partial charge in [0.25, 0.3) is 0 Å². The maximum Gasteiger partial charge on any atom is 0.146 e. The number of carbonyl (C=O) groups is 1. The van der Waals surface area contributed by atoms with Crippen molar-refractivity contribution in [3.63, 3.8) is 0 Å². The number of ketones is 1. The summed E-state index contributed by atoms with van der Waals surface area (Å²) in [5.74, 6) is 1.29. The van der Waals surface area contributed by atoms with Gasteiger partial charge in [-0.3, -0.25) is 14.6 Å². The molecule has 2 fully saturated rings. The van der Waals surface area contributed by atoms with Crippen LogP contribution in [0.5, 0.6) is 0 Å². The van der Waals surface area contributed by atoms with E-state index < -0.39 is 0 Å². The zero-order valence-corrected chi connectivity index (χ0v) is 36.9. The summed E-state index contributed by atoms with van der Waals surface area (Å²) in [7, 11) is 0. The topological polar surface area (TPSA) is 26.8 Å². The van der Waals surface area contributed by atoms with E-state index in [2.05, 4.69) is 146 Å². The number of nitrogens with zero attached hydrogens (tertiary/aromatic N) is 3. The normalized spacial score (nSPS) is 17.1. The molecule has 2 heterocycles. The van der Waals surface area contributed by atoms with Gasteiger partial charge in [-0.1, -0.05) is 139 Å². The Morgan fingerprint density at radius 1 is 0.537 bits per heavy atom. The first-order valence-electron chi connectivity index (χ1n) is 21.5. The highest BCUT2D eigenvalue weighted by molar-refractivity contribution is 5.80. The highest BCUT2D eigenvalue weighted by Crippen LogP contribution is 2.26. The molecular formula is C50H87N3O. The molecule has 2 aromatic carbocycles. The van der Waals surface area contributed by atoms with Crippen molar-refractivity contribution >= 4 is 5.78 Å². The lowest BCUT2D eigenvalue weighted by Gasteiger charge is -2.34. The van der Waals surface area contributed by atoms with Crippen LogP contribution in [-0.2, 0) is 30.6 Å². The SMILES string of the molecule is C.CC(C)(C)CCCC(=O)CN1CCN(Cc2ccc(CC(C)(C)C)cc2)CC1.CC(C)(C)CCCN1CCC(Cc2ccc(CC(C)(C)C)cc2)CC1. The van der Waals surface area contributed by atoms with Gasteiger partial charge in [0, 0.05) is 39.1 Å². The average Bonchev–Trinajstić information content (AvgIpc) is 3.02. The van der Waals surface area contributed by atoms with E-state index >= 15 is 0 Å². The third kappa shape index (κ3) is 21.9. The first-order chi connectivity index (χ1) is 24.6. The Bertz CT molecular complexity index is 1300. The summed E-state index contributed by atoms with van der Waals surface area (Å²) in [6.45, 7) is 37.3. The fourth-order valence-corrected chi connectivity index (χ4v) is 7.87. The van der Waals surface area contributed by atoms with Crippen molar-refractivity contribution in [2.45, 2.75) is 161 Å². The van der Waals surface area contributed by atoms with Crippen LogP contribution in [0, 0.1) is 27.6 Å². The summed E-state index contributed by atoms with van der Waals surface area (Å²) in [4.78, 5) is 19.8. The van der Waals surface area contributed by atoms with E-state index in [1.54, 1.807) is 0 Å². The van der Waals surface area contributed by atoms with Crippen molar-refractivity contribution < 1.29 is 4.79 Å². The third-order valence-electron chi connectivity index (χ3n) is 10.8. The first-order valence-corrected chi connectivity index (χ1v) is 21.5.